The van der Waals surface area contributed by atoms with Gasteiger partial charge in [-0.25, -0.2) is 9.37 Å². The van der Waals surface area contributed by atoms with Gasteiger partial charge in [-0.3, -0.25) is 0 Å². The van der Waals surface area contributed by atoms with Crippen LogP contribution in [0.5, 0.6) is 11.6 Å². The normalized spacial score (nSPS) is 10.4. The van der Waals surface area contributed by atoms with Crippen molar-refractivity contribution < 1.29 is 9.13 Å². The van der Waals surface area contributed by atoms with E-state index in [0.29, 0.717) is 10.2 Å². The van der Waals surface area contributed by atoms with Crippen molar-refractivity contribution in [1.29, 1.82) is 0 Å². The van der Waals surface area contributed by atoms with Crippen LogP contribution in [-0.4, -0.2) is 12.0 Å². The molecule has 0 fully saturated rings. The molecule has 2 rings (SSSR count). The highest BCUT2D eigenvalue weighted by molar-refractivity contribution is 9.10. The Morgan fingerprint density at radius 1 is 1.39 bits per heavy atom. The summed E-state index contributed by atoms with van der Waals surface area (Å²) >= 11 is 3.15. The van der Waals surface area contributed by atoms with Gasteiger partial charge in [0.25, 0.3) is 5.88 Å². The molecule has 0 spiro atoms. The van der Waals surface area contributed by atoms with E-state index in [9.17, 15) is 4.39 Å². The summed E-state index contributed by atoms with van der Waals surface area (Å²) in [5.41, 5.74) is 1.06. The standard InChI is InChI=1S/C13H12BrFN2O/c1-16-7-9-3-2-4-11(5-9)18-13-12(15)6-10(14)8-17-13/h2-6,8,16H,7H2,1H3. The highest BCUT2D eigenvalue weighted by atomic mass is 79.9. The van der Waals surface area contributed by atoms with Crippen molar-refractivity contribution >= 4 is 15.9 Å². The van der Waals surface area contributed by atoms with Crippen LogP contribution < -0.4 is 10.1 Å². The molecule has 5 heteroatoms. The van der Waals surface area contributed by atoms with Gasteiger partial charge in [0.05, 0.1) is 0 Å². The molecule has 0 aliphatic heterocycles. The largest absolute Gasteiger partial charge is 0.436 e. The van der Waals surface area contributed by atoms with E-state index < -0.39 is 5.82 Å². The van der Waals surface area contributed by atoms with Crippen LogP contribution in [0, 0.1) is 5.82 Å². The molecule has 0 unspecified atom stereocenters. The van der Waals surface area contributed by atoms with Gasteiger partial charge in [0.1, 0.15) is 5.75 Å². The molecule has 0 amide bonds. The third-order valence-corrected chi connectivity index (χ3v) is 2.70. The lowest BCUT2D eigenvalue weighted by molar-refractivity contribution is 0.422. The molecule has 0 saturated heterocycles. The van der Waals surface area contributed by atoms with E-state index in [1.54, 1.807) is 6.07 Å². The lowest BCUT2D eigenvalue weighted by Crippen LogP contribution is -2.04. The van der Waals surface area contributed by atoms with E-state index >= 15 is 0 Å². The molecule has 0 bridgehead atoms. The average molecular weight is 311 g/mol. The van der Waals surface area contributed by atoms with E-state index in [1.807, 2.05) is 25.2 Å². The van der Waals surface area contributed by atoms with Crippen molar-refractivity contribution in [2.24, 2.45) is 0 Å². The van der Waals surface area contributed by atoms with E-state index in [-0.39, 0.29) is 5.88 Å². The number of benzene rings is 1. The van der Waals surface area contributed by atoms with Gasteiger partial charge in [0.2, 0.25) is 0 Å². The summed E-state index contributed by atoms with van der Waals surface area (Å²) in [5.74, 6) is 0.0414. The molecule has 3 nitrogen and oxygen atoms in total. The summed E-state index contributed by atoms with van der Waals surface area (Å²) in [4.78, 5) is 3.89. The van der Waals surface area contributed by atoms with Crippen molar-refractivity contribution in [2.75, 3.05) is 7.05 Å². The van der Waals surface area contributed by atoms with E-state index in [1.165, 1.54) is 12.3 Å². The van der Waals surface area contributed by atoms with Gasteiger partial charge >= 0.3 is 0 Å². The zero-order chi connectivity index (χ0) is 13.0. The highest BCUT2D eigenvalue weighted by Crippen LogP contribution is 2.24. The number of halogens is 2. The molecule has 1 N–H and O–H groups in total. The van der Waals surface area contributed by atoms with Gasteiger partial charge in [0.15, 0.2) is 5.82 Å². The maximum atomic E-state index is 13.6. The van der Waals surface area contributed by atoms with Crippen LogP contribution in [0.1, 0.15) is 5.56 Å². The smallest absolute Gasteiger partial charge is 0.255 e. The van der Waals surface area contributed by atoms with Crippen LogP contribution in [0.4, 0.5) is 4.39 Å². The quantitative estimate of drug-likeness (QED) is 0.938. The fourth-order valence-electron chi connectivity index (χ4n) is 1.51. The second-order valence-corrected chi connectivity index (χ2v) is 4.64. The Labute approximate surface area is 113 Å². The Morgan fingerprint density at radius 3 is 2.94 bits per heavy atom. The minimum absolute atomic E-state index is 0.0280. The van der Waals surface area contributed by atoms with E-state index in [0.717, 1.165) is 12.1 Å². The first kappa shape index (κ1) is 13.0. The molecule has 1 aromatic carbocycles. The van der Waals surface area contributed by atoms with Crippen LogP contribution in [0.25, 0.3) is 0 Å². The van der Waals surface area contributed by atoms with Crippen molar-refractivity contribution in [2.45, 2.75) is 6.54 Å². The van der Waals surface area contributed by atoms with Crippen LogP contribution in [-0.2, 0) is 6.54 Å². The molecular formula is C13H12BrFN2O. The molecule has 2 aromatic rings. The predicted molar refractivity (Wildman–Crippen MR) is 71.2 cm³/mol. The van der Waals surface area contributed by atoms with Crippen molar-refractivity contribution in [3.8, 4) is 11.6 Å². The fourth-order valence-corrected chi connectivity index (χ4v) is 1.82. The Morgan fingerprint density at radius 2 is 2.22 bits per heavy atom. The Kier molecular flexibility index (Phi) is 4.28. The zero-order valence-corrected chi connectivity index (χ0v) is 11.4. The number of rotatable bonds is 4. The minimum Gasteiger partial charge on any atom is -0.436 e. The highest BCUT2D eigenvalue weighted by Gasteiger charge is 2.07. The van der Waals surface area contributed by atoms with Crippen molar-refractivity contribution in [3.63, 3.8) is 0 Å². The molecule has 1 aromatic heterocycles. The molecule has 0 radical (unpaired) electrons. The van der Waals surface area contributed by atoms with Crippen LogP contribution >= 0.6 is 15.9 Å². The number of ether oxygens (including phenoxy) is 1. The number of pyridine rings is 1. The first-order chi connectivity index (χ1) is 8.69. The third-order valence-electron chi connectivity index (χ3n) is 2.27. The molecule has 0 aliphatic rings. The second kappa shape index (κ2) is 5.93. The molecule has 18 heavy (non-hydrogen) atoms. The third kappa shape index (κ3) is 3.27. The fraction of sp³-hybridized carbons (Fsp3) is 0.154. The second-order valence-electron chi connectivity index (χ2n) is 3.72. The van der Waals surface area contributed by atoms with Gasteiger partial charge in [-0.2, -0.15) is 0 Å². The SMILES string of the molecule is CNCc1cccc(Oc2ncc(Br)cc2F)c1. The zero-order valence-electron chi connectivity index (χ0n) is 9.78. The molecule has 94 valence electrons. The molecule has 0 saturated carbocycles. The van der Waals surface area contributed by atoms with E-state index in [4.69, 9.17) is 4.74 Å². The number of nitrogens with zero attached hydrogens (tertiary/aromatic N) is 1. The first-order valence-electron chi connectivity index (χ1n) is 5.41. The lowest BCUT2D eigenvalue weighted by Gasteiger charge is -2.07. The summed E-state index contributed by atoms with van der Waals surface area (Å²) in [7, 11) is 1.86. The van der Waals surface area contributed by atoms with Crippen LogP contribution in [0.15, 0.2) is 41.0 Å². The maximum Gasteiger partial charge on any atom is 0.255 e. The lowest BCUT2D eigenvalue weighted by atomic mass is 10.2. The summed E-state index contributed by atoms with van der Waals surface area (Å²) < 4.78 is 19.6. The Balaban J connectivity index is 2.20. The molecule has 0 atom stereocenters. The van der Waals surface area contributed by atoms with Crippen LogP contribution in [0.2, 0.25) is 0 Å². The van der Waals surface area contributed by atoms with Crippen molar-refractivity contribution in [1.82, 2.24) is 10.3 Å². The predicted octanol–water partition coefficient (Wildman–Crippen LogP) is 3.49. The number of aromatic nitrogens is 1. The molecule has 0 aliphatic carbocycles. The van der Waals surface area contributed by atoms with Gasteiger partial charge in [-0.1, -0.05) is 12.1 Å². The Bertz CT molecular complexity index is 548. The van der Waals surface area contributed by atoms with E-state index in [2.05, 4.69) is 26.2 Å². The summed E-state index contributed by atoms with van der Waals surface area (Å²) in [6, 6.07) is 8.76. The van der Waals surface area contributed by atoms with Gasteiger partial charge < -0.3 is 10.1 Å². The van der Waals surface area contributed by atoms with Crippen molar-refractivity contribution in [3.05, 3.63) is 52.4 Å². The maximum absolute atomic E-state index is 13.6. The first-order valence-corrected chi connectivity index (χ1v) is 6.21. The summed E-state index contributed by atoms with van der Waals surface area (Å²) in [6.45, 7) is 0.730. The van der Waals surface area contributed by atoms with Gasteiger partial charge in [0, 0.05) is 17.2 Å². The summed E-state index contributed by atoms with van der Waals surface area (Å²) in [6.07, 6.45) is 1.50. The average Bonchev–Trinajstić information content (AvgIpc) is 2.34. The summed E-state index contributed by atoms with van der Waals surface area (Å²) in [5, 5.41) is 3.04. The minimum atomic E-state index is -0.497. The van der Waals surface area contributed by atoms with Crippen LogP contribution in [0.3, 0.4) is 0 Å². The Hall–Kier alpha value is -1.46. The topological polar surface area (TPSA) is 34.1 Å². The number of nitrogens with one attached hydrogen (secondary N) is 1. The number of hydrogen-bond donors (Lipinski definition) is 1. The molecule has 1 heterocycles. The number of hydrogen-bond acceptors (Lipinski definition) is 3. The molecular weight excluding hydrogens is 299 g/mol. The van der Waals surface area contributed by atoms with Gasteiger partial charge in [-0.15, -0.1) is 0 Å². The monoisotopic (exact) mass is 310 g/mol. The van der Waals surface area contributed by atoms with Gasteiger partial charge in [-0.05, 0) is 46.7 Å².